The third-order valence-electron chi connectivity index (χ3n) is 5.33. The maximum Gasteiger partial charge on any atom is 0.229 e. The molecule has 0 aliphatic carbocycles. The maximum absolute atomic E-state index is 9.14. The predicted octanol–water partition coefficient (Wildman–Crippen LogP) is 1.83. The van der Waals surface area contributed by atoms with Gasteiger partial charge >= 0.3 is 0 Å². The molecule has 2 aliphatic heterocycles. The highest BCUT2D eigenvalue weighted by Gasteiger charge is 2.37. The molecule has 0 spiro atoms. The Morgan fingerprint density at radius 2 is 2.04 bits per heavy atom. The Kier molecular flexibility index (Phi) is 4.47. The summed E-state index contributed by atoms with van der Waals surface area (Å²) in [6.45, 7) is 4.42. The molecular weight excluding hydrogens is 328 g/mol. The van der Waals surface area contributed by atoms with Crippen LogP contribution in [0.2, 0.25) is 0 Å². The van der Waals surface area contributed by atoms with E-state index in [9.17, 15) is 0 Å². The minimum atomic E-state index is 0.436. The van der Waals surface area contributed by atoms with Gasteiger partial charge in [0.2, 0.25) is 5.95 Å². The minimum absolute atomic E-state index is 0.436. The van der Waals surface area contributed by atoms with E-state index in [1.54, 1.807) is 10.9 Å². The van der Waals surface area contributed by atoms with Gasteiger partial charge in [0.05, 0.1) is 24.5 Å². The van der Waals surface area contributed by atoms with Gasteiger partial charge in [-0.1, -0.05) is 6.42 Å². The Bertz CT molecular complexity index is 809. The average Bonchev–Trinajstić information content (AvgIpc) is 3.01. The number of aromatic nitrogens is 4. The molecular formula is C18H24N8. The fraction of sp³-hybridized carbons (Fsp3) is 0.556. The van der Waals surface area contributed by atoms with E-state index in [-0.39, 0.29) is 0 Å². The van der Waals surface area contributed by atoms with Crippen molar-refractivity contribution in [2.24, 2.45) is 7.05 Å². The molecule has 2 aromatic heterocycles. The van der Waals surface area contributed by atoms with E-state index < -0.39 is 0 Å². The lowest BCUT2D eigenvalue weighted by Crippen LogP contribution is -2.61. The van der Waals surface area contributed by atoms with Crippen LogP contribution in [0.1, 0.15) is 24.8 Å². The van der Waals surface area contributed by atoms with Crippen molar-refractivity contribution in [1.82, 2.24) is 24.6 Å². The molecule has 2 fully saturated rings. The molecule has 2 unspecified atom stereocenters. The smallest absolute Gasteiger partial charge is 0.229 e. The largest absolute Gasteiger partial charge is 0.353 e. The molecule has 26 heavy (non-hydrogen) atoms. The fourth-order valence-electron chi connectivity index (χ4n) is 4.14. The van der Waals surface area contributed by atoms with Crippen molar-refractivity contribution in [3.8, 4) is 6.07 Å². The zero-order valence-electron chi connectivity index (χ0n) is 15.3. The van der Waals surface area contributed by atoms with E-state index in [1.807, 2.05) is 19.4 Å². The van der Waals surface area contributed by atoms with E-state index in [4.69, 9.17) is 10.2 Å². The summed E-state index contributed by atoms with van der Waals surface area (Å²) in [5, 5.41) is 16.5. The van der Waals surface area contributed by atoms with Gasteiger partial charge in [0.15, 0.2) is 0 Å². The summed E-state index contributed by atoms with van der Waals surface area (Å²) in [5.74, 6) is 1.57. The van der Waals surface area contributed by atoms with Gasteiger partial charge < -0.3 is 10.2 Å². The number of rotatable bonds is 4. The molecule has 0 saturated carbocycles. The number of nitrogens with zero attached hydrogens (tertiary/aromatic N) is 7. The molecule has 0 radical (unpaired) electrons. The molecule has 0 aromatic carbocycles. The van der Waals surface area contributed by atoms with Crippen molar-refractivity contribution in [1.29, 1.82) is 5.26 Å². The Hall–Kier alpha value is -2.66. The standard InChI is InChI=1S/C18H24N8/c1-13-8-20-18(22-14-9-21-24(2)10-14)23-17(13)25-11-15-4-3-5-16(12-25)26(15)7-6-19/h8-10,15-16H,3-5,7,11-12H2,1-2H3,(H,20,22,23). The topological polar surface area (TPSA) is 85.9 Å². The summed E-state index contributed by atoms with van der Waals surface area (Å²) >= 11 is 0. The molecule has 2 bridgehead atoms. The highest BCUT2D eigenvalue weighted by molar-refractivity contribution is 5.55. The number of anilines is 3. The first kappa shape index (κ1) is 16.8. The summed E-state index contributed by atoms with van der Waals surface area (Å²) in [4.78, 5) is 13.9. The zero-order chi connectivity index (χ0) is 18.1. The van der Waals surface area contributed by atoms with Crippen LogP contribution in [0.25, 0.3) is 0 Å². The van der Waals surface area contributed by atoms with Crippen molar-refractivity contribution < 1.29 is 0 Å². The summed E-state index contributed by atoms with van der Waals surface area (Å²) in [5.41, 5.74) is 1.95. The number of nitriles is 1. The lowest BCUT2D eigenvalue weighted by Gasteiger charge is -2.49. The van der Waals surface area contributed by atoms with Gasteiger partial charge in [-0.05, 0) is 19.8 Å². The molecule has 2 saturated heterocycles. The van der Waals surface area contributed by atoms with Crippen molar-refractivity contribution in [3.05, 3.63) is 24.2 Å². The number of piperidine rings is 1. The molecule has 8 nitrogen and oxygen atoms in total. The van der Waals surface area contributed by atoms with Crippen LogP contribution in [-0.4, -0.2) is 56.4 Å². The van der Waals surface area contributed by atoms with Crippen molar-refractivity contribution in [2.45, 2.75) is 38.3 Å². The van der Waals surface area contributed by atoms with Crippen LogP contribution in [0.4, 0.5) is 17.5 Å². The Morgan fingerprint density at radius 3 is 2.69 bits per heavy atom. The number of fused-ring (bicyclic) bond motifs is 2. The third kappa shape index (κ3) is 3.22. The Labute approximate surface area is 153 Å². The van der Waals surface area contributed by atoms with Crippen LogP contribution in [0.15, 0.2) is 18.6 Å². The predicted molar refractivity (Wildman–Crippen MR) is 99.2 cm³/mol. The first-order chi connectivity index (χ1) is 12.6. The van der Waals surface area contributed by atoms with Gasteiger partial charge in [0, 0.05) is 50.2 Å². The van der Waals surface area contributed by atoms with Gasteiger partial charge in [-0.3, -0.25) is 9.58 Å². The molecule has 2 atom stereocenters. The summed E-state index contributed by atoms with van der Waals surface area (Å²) in [6.07, 6.45) is 9.08. The van der Waals surface area contributed by atoms with Crippen LogP contribution in [-0.2, 0) is 7.05 Å². The molecule has 1 N–H and O–H groups in total. The van der Waals surface area contributed by atoms with Crippen molar-refractivity contribution in [2.75, 3.05) is 29.9 Å². The second kappa shape index (κ2) is 6.92. The molecule has 2 aliphatic rings. The second-order valence-electron chi connectivity index (χ2n) is 7.20. The number of nitrogens with one attached hydrogen (secondary N) is 1. The van der Waals surface area contributed by atoms with Crippen LogP contribution >= 0.6 is 0 Å². The number of hydrogen-bond acceptors (Lipinski definition) is 7. The zero-order valence-corrected chi connectivity index (χ0v) is 15.3. The molecule has 2 aromatic rings. The second-order valence-corrected chi connectivity index (χ2v) is 7.20. The normalized spacial score (nSPS) is 22.9. The van der Waals surface area contributed by atoms with Crippen LogP contribution < -0.4 is 10.2 Å². The fourth-order valence-corrected chi connectivity index (χ4v) is 4.14. The molecule has 4 heterocycles. The SMILES string of the molecule is Cc1cnc(Nc2cnn(C)c2)nc1N1CC2CCCC(C1)N2CC#N. The van der Waals surface area contributed by atoms with E-state index >= 15 is 0 Å². The quantitative estimate of drug-likeness (QED) is 0.840. The summed E-state index contributed by atoms with van der Waals surface area (Å²) < 4.78 is 1.74. The van der Waals surface area contributed by atoms with Gasteiger partial charge in [-0.2, -0.15) is 15.3 Å². The average molecular weight is 352 g/mol. The first-order valence-electron chi connectivity index (χ1n) is 9.11. The Balaban J connectivity index is 1.56. The van der Waals surface area contributed by atoms with E-state index in [2.05, 4.69) is 38.2 Å². The van der Waals surface area contributed by atoms with Crippen molar-refractivity contribution >= 4 is 17.5 Å². The number of aryl methyl sites for hydroxylation is 2. The lowest BCUT2D eigenvalue weighted by atomic mass is 9.91. The monoisotopic (exact) mass is 352 g/mol. The van der Waals surface area contributed by atoms with E-state index in [0.29, 0.717) is 24.6 Å². The summed E-state index contributed by atoms with van der Waals surface area (Å²) in [6, 6.07) is 3.21. The van der Waals surface area contributed by atoms with Gasteiger partial charge in [0.1, 0.15) is 5.82 Å². The number of hydrogen-bond donors (Lipinski definition) is 1. The van der Waals surface area contributed by atoms with Crippen LogP contribution in [0.5, 0.6) is 0 Å². The van der Waals surface area contributed by atoms with Gasteiger partial charge in [-0.15, -0.1) is 0 Å². The molecule has 0 amide bonds. The molecule has 8 heteroatoms. The summed E-state index contributed by atoms with van der Waals surface area (Å²) in [7, 11) is 1.88. The number of piperazine rings is 1. The minimum Gasteiger partial charge on any atom is -0.353 e. The maximum atomic E-state index is 9.14. The lowest BCUT2D eigenvalue weighted by molar-refractivity contribution is 0.0798. The molecule has 136 valence electrons. The van der Waals surface area contributed by atoms with Gasteiger partial charge in [-0.25, -0.2) is 4.98 Å². The highest BCUT2D eigenvalue weighted by Crippen LogP contribution is 2.31. The van der Waals surface area contributed by atoms with E-state index in [0.717, 1.165) is 43.0 Å². The van der Waals surface area contributed by atoms with Gasteiger partial charge in [0.25, 0.3) is 0 Å². The van der Waals surface area contributed by atoms with E-state index in [1.165, 1.54) is 6.42 Å². The van der Waals surface area contributed by atoms with Crippen molar-refractivity contribution in [3.63, 3.8) is 0 Å². The Morgan fingerprint density at radius 1 is 1.27 bits per heavy atom. The highest BCUT2D eigenvalue weighted by atomic mass is 15.3. The first-order valence-corrected chi connectivity index (χ1v) is 9.11. The van der Waals surface area contributed by atoms with Crippen LogP contribution in [0.3, 0.4) is 0 Å². The van der Waals surface area contributed by atoms with Crippen LogP contribution in [0, 0.1) is 18.3 Å². The molecule has 4 rings (SSSR count). The third-order valence-corrected chi connectivity index (χ3v) is 5.33.